The van der Waals surface area contributed by atoms with Crippen molar-refractivity contribution < 1.29 is 4.79 Å². The van der Waals surface area contributed by atoms with E-state index in [0.717, 1.165) is 11.4 Å². The van der Waals surface area contributed by atoms with Gasteiger partial charge in [0.25, 0.3) is 0 Å². The third kappa shape index (κ3) is 5.40. The first kappa shape index (κ1) is 13.6. The summed E-state index contributed by atoms with van der Waals surface area (Å²) in [6.07, 6.45) is 0. The SMILES string of the molecule is Cc1cc(C)nc(NC(=O)CNC(C)(C)C)n1. The third-order valence-electron chi connectivity index (χ3n) is 2.01. The molecule has 0 radical (unpaired) electrons. The lowest BCUT2D eigenvalue weighted by Crippen LogP contribution is -2.41. The summed E-state index contributed by atoms with van der Waals surface area (Å²) in [7, 11) is 0. The number of hydrogen-bond acceptors (Lipinski definition) is 4. The second kappa shape index (κ2) is 5.23. The van der Waals surface area contributed by atoms with Crippen molar-refractivity contribution in [3.8, 4) is 0 Å². The maximum absolute atomic E-state index is 11.6. The molecule has 0 atom stereocenters. The van der Waals surface area contributed by atoms with Gasteiger partial charge in [-0.2, -0.15) is 0 Å². The van der Waals surface area contributed by atoms with Crippen LogP contribution in [0.5, 0.6) is 0 Å². The molecule has 0 fully saturated rings. The summed E-state index contributed by atoms with van der Waals surface area (Å²) in [5, 5.41) is 5.78. The van der Waals surface area contributed by atoms with Gasteiger partial charge in [0.05, 0.1) is 6.54 Å². The van der Waals surface area contributed by atoms with Gasteiger partial charge in [-0.3, -0.25) is 10.1 Å². The highest BCUT2D eigenvalue weighted by Gasteiger charge is 2.12. The van der Waals surface area contributed by atoms with E-state index in [2.05, 4.69) is 20.6 Å². The number of anilines is 1. The van der Waals surface area contributed by atoms with E-state index in [-0.39, 0.29) is 18.0 Å². The maximum Gasteiger partial charge on any atom is 0.240 e. The van der Waals surface area contributed by atoms with Gasteiger partial charge < -0.3 is 5.32 Å². The number of rotatable bonds is 3. The standard InChI is InChI=1S/C12H20N4O/c1-8-6-9(2)15-11(14-8)16-10(17)7-13-12(3,4)5/h6,13H,7H2,1-5H3,(H,14,15,16,17). The molecule has 1 aromatic heterocycles. The molecule has 0 aliphatic carbocycles. The van der Waals surface area contributed by atoms with Gasteiger partial charge in [-0.25, -0.2) is 9.97 Å². The molecule has 5 heteroatoms. The second-order valence-electron chi connectivity index (χ2n) is 5.13. The Labute approximate surface area is 102 Å². The molecule has 1 heterocycles. The first-order valence-electron chi connectivity index (χ1n) is 5.63. The number of aryl methyl sites for hydroxylation is 2. The van der Waals surface area contributed by atoms with Gasteiger partial charge in [0.15, 0.2) is 0 Å². The highest BCUT2D eigenvalue weighted by atomic mass is 16.2. The van der Waals surface area contributed by atoms with Crippen LogP contribution in [-0.2, 0) is 4.79 Å². The molecule has 0 bridgehead atoms. The van der Waals surface area contributed by atoms with E-state index in [0.29, 0.717) is 5.95 Å². The lowest BCUT2D eigenvalue weighted by Gasteiger charge is -2.19. The van der Waals surface area contributed by atoms with Crippen LogP contribution in [0.1, 0.15) is 32.2 Å². The topological polar surface area (TPSA) is 66.9 Å². The molecule has 1 rings (SSSR count). The largest absolute Gasteiger partial charge is 0.304 e. The predicted octanol–water partition coefficient (Wildman–Crippen LogP) is 1.42. The van der Waals surface area contributed by atoms with Crippen molar-refractivity contribution in [1.82, 2.24) is 15.3 Å². The van der Waals surface area contributed by atoms with Gasteiger partial charge in [0, 0.05) is 16.9 Å². The van der Waals surface area contributed by atoms with Crippen LogP contribution >= 0.6 is 0 Å². The maximum atomic E-state index is 11.6. The van der Waals surface area contributed by atoms with Crippen LogP contribution in [0.2, 0.25) is 0 Å². The number of aromatic nitrogens is 2. The van der Waals surface area contributed by atoms with Gasteiger partial charge in [-0.15, -0.1) is 0 Å². The quantitative estimate of drug-likeness (QED) is 0.833. The molecule has 5 nitrogen and oxygen atoms in total. The van der Waals surface area contributed by atoms with Crippen molar-refractivity contribution in [1.29, 1.82) is 0 Å². The molecule has 0 aliphatic heterocycles. The van der Waals surface area contributed by atoms with Crippen LogP contribution in [-0.4, -0.2) is 28.0 Å². The van der Waals surface area contributed by atoms with Crippen molar-refractivity contribution in [3.63, 3.8) is 0 Å². The van der Waals surface area contributed by atoms with Crippen molar-refractivity contribution in [3.05, 3.63) is 17.5 Å². The number of amides is 1. The summed E-state index contributed by atoms with van der Waals surface area (Å²) in [4.78, 5) is 19.9. The highest BCUT2D eigenvalue weighted by Crippen LogP contribution is 2.03. The Balaban J connectivity index is 2.56. The second-order valence-corrected chi connectivity index (χ2v) is 5.13. The van der Waals surface area contributed by atoms with Crippen LogP contribution < -0.4 is 10.6 Å². The number of nitrogens with one attached hydrogen (secondary N) is 2. The minimum absolute atomic E-state index is 0.0826. The smallest absolute Gasteiger partial charge is 0.240 e. The Kier molecular flexibility index (Phi) is 4.17. The van der Waals surface area contributed by atoms with Gasteiger partial charge >= 0.3 is 0 Å². The molecule has 0 spiro atoms. The molecule has 0 aliphatic rings. The molecule has 0 unspecified atom stereocenters. The van der Waals surface area contributed by atoms with Crippen LogP contribution in [0.25, 0.3) is 0 Å². The molecule has 1 amide bonds. The molecule has 1 aromatic rings. The Morgan fingerprint density at radius 1 is 1.24 bits per heavy atom. The van der Waals surface area contributed by atoms with Crippen LogP contribution in [0, 0.1) is 13.8 Å². The average Bonchev–Trinajstić information content (AvgIpc) is 2.11. The first-order chi connectivity index (χ1) is 7.76. The van der Waals surface area contributed by atoms with Gasteiger partial charge in [-0.05, 0) is 40.7 Å². The summed E-state index contributed by atoms with van der Waals surface area (Å²) in [6.45, 7) is 10.0. The minimum atomic E-state index is -0.134. The van der Waals surface area contributed by atoms with E-state index in [1.807, 2.05) is 40.7 Å². The fourth-order valence-corrected chi connectivity index (χ4v) is 1.30. The van der Waals surface area contributed by atoms with E-state index >= 15 is 0 Å². The van der Waals surface area contributed by atoms with Crippen molar-refractivity contribution in [2.45, 2.75) is 40.2 Å². The Morgan fingerprint density at radius 3 is 2.24 bits per heavy atom. The van der Waals surface area contributed by atoms with E-state index in [9.17, 15) is 4.79 Å². The summed E-state index contributed by atoms with van der Waals surface area (Å²) in [5.41, 5.74) is 1.61. The molecule has 17 heavy (non-hydrogen) atoms. The molecule has 0 saturated carbocycles. The number of carbonyl (C=O) groups is 1. The number of carbonyl (C=O) groups excluding carboxylic acids is 1. The Hall–Kier alpha value is -1.49. The van der Waals surface area contributed by atoms with Crippen molar-refractivity contribution in [2.75, 3.05) is 11.9 Å². The lowest BCUT2D eigenvalue weighted by molar-refractivity contribution is -0.115. The van der Waals surface area contributed by atoms with E-state index in [1.165, 1.54) is 0 Å². The van der Waals surface area contributed by atoms with E-state index in [1.54, 1.807) is 0 Å². The first-order valence-corrected chi connectivity index (χ1v) is 5.63. The van der Waals surface area contributed by atoms with Gasteiger partial charge in [0.1, 0.15) is 0 Å². The van der Waals surface area contributed by atoms with Crippen LogP contribution in [0.3, 0.4) is 0 Å². The van der Waals surface area contributed by atoms with Crippen LogP contribution in [0.15, 0.2) is 6.07 Å². The van der Waals surface area contributed by atoms with Crippen LogP contribution in [0.4, 0.5) is 5.95 Å². The fourth-order valence-electron chi connectivity index (χ4n) is 1.30. The van der Waals surface area contributed by atoms with Crippen molar-refractivity contribution in [2.24, 2.45) is 0 Å². The van der Waals surface area contributed by atoms with Crippen molar-refractivity contribution >= 4 is 11.9 Å². The summed E-state index contributed by atoms with van der Waals surface area (Å²) in [6, 6.07) is 1.86. The Morgan fingerprint density at radius 2 is 1.76 bits per heavy atom. The molecular formula is C12H20N4O. The Bertz CT molecular complexity index is 389. The molecule has 2 N–H and O–H groups in total. The fraction of sp³-hybridized carbons (Fsp3) is 0.583. The number of nitrogens with zero attached hydrogens (tertiary/aromatic N) is 2. The summed E-state index contributed by atoms with van der Waals surface area (Å²) >= 11 is 0. The third-order valence-corrected chi connectivity index (χ3v) is 2.01. The predicted molar refractivity (Wildman–Crippen MR) is 67.9 cm³/mol. The van der Waals surface area contributed by atoms with Gasteiger partial charge in [0.2, 0.25) is 11.9 Å². The van der Waals surface area contributed by atoms with E-state index in [4.69, 9.17) is 0 Å². The van der Waals surface area contributed by atoms with E-state index < -0.39 is 0 Å². The van der Waals surface area contributed by atoms with Gasteiger partial charge in [-0.1, -0.05) is 0 Å². The summed E-state index contributed by atoms with van der Waals surface area (Å²) < 4.78 is 0. The normalized spacial score (nSPS) is 11.4. The number of hydrogen-bond donors (Lipinski definition) is 2. The molecule has 94 valence electrons. The molecular weight excluding hydrogens is 216 g/mol. The zero-order valence-electron chi connectivity index (χ0n) is 11.1. The zero-order valence-corrected chi connectivity index (χ0v) is 11.1. The lowest BCUT2D eigenvalue weighted by atomic mass is 10.1. The molecule has 0 aromatic carbocycles. The summed E-state index contributed by atoms with van der Waals surface area (Å²) in [5.74, 6) is 0.230. The monoisotopic (exact) mass is 236 g/mol. The average molecular weight is 236 g/mol. The minimum Gasteiger partial charge on any atom is -0.304 e. The molecule has 0 saturated heterocycles. The zero-order chi connectivity index (χ0) is 13.1. The highest BCUT2D eigenvalue weighted by molar-refractivity contribution is 5.90.